The van der Waals surface area contributed by atoms with Gasteiger partial charge in [-0.25, -0.2) is 0 Å². The van der Waals surface area contributed by atoms with Crippen LogP contribution in [0.15, 0.2) is 60.7 Å². The lowest BCUT2D eigenvalue weighted by Gasteiger charge is -2.25. The summed E-state index contributed by atoms with van der Waals surface area (Å²) in [5.41, 5.74) is 0.865. The molecular weight excluding hydrogens is 278 g/mol. The first kappa shape index (κ1) is 16.0. The van der Waals surface area contributed by atoms with E-state index in [1.807, 2.05) is 60.7 Å². The third kappa shape index (κ3) is 4.60. The second-order valence-corrected chi connectivity index (χ2v) is 4.99. The Morgan fingerprint density at radius 1 is 1.09 bits per heavy atom. The van der Waals surface area contributed by atoms with E-state index >= 15 is 0 Å². The Hall–Kier alpha value is -2.33. The predicted molar refractivity (Wildman–Crippen MR) is 85.6 cm³/mol. The molecule has 0 radical (unpaired) electrons. The molecule has 116 valence electrons. The number of ether oxygens (including phenoxy) is 1. The Balaban J connectivity index is 2.13. The number of hydrogen-bond donors (Lipinski definition) is 2. The molecule has 22 heavy (non-hydrogen) atoms. The van der Waals surface area contributed by atoms with E-state index in [1.54, 1.807) is 6.92 Å². The summed E-state index contributed by atoms with van der Waals surface area (Å²) in [5, 5.41) is 13.1. The van der Waals surface area contributed by atoms with Gasteiger partial charge in [0.05, 0.1) is 0 Å². The molecular formula is C18H21NO3. The molecule has 4 nitrogen and oxygen atoms in total. The van der Waals surface area contributed by atoms with Crippen LogP contribution in [-0.4, -0.2) is 23.7 Å². The van der Waals surface area contributed by atoms with Crippen molar-refractivity contribution in [3.63, 3.8) is 0 Å². The van der Waals surface area contributed by atoms with Crippen LogP contribution in [0.5, 0.6) is 5.75 Å². The fourth-order valence-electron chi connectivity index (χ4n) is 2.11. The first-order valence-corrected chi connectivity index (χ1v) is 7.42. The Kier molecular flexibility index (Phi) is 5.98. The Labute approximate surface area is 130 Å². The van der Waals surface area contributed by atoms with Crippen LogP contribution in [0.3, 0.4) is 0 Å². The molecule has 2 aromatic rings. The second kappa shape index (κ2) is 8.20. The lowest BCUT2D eigenvalue weighted by atomic mass is 10.0. The molecule has 0 saturated carbocycles. The zero-order valence-electron chi connectivity index (χ0n) is 12.6. The zero-order chi connectivity index (χ0) is 15.8. The highest BCUT2D eigenvalue weighted by atomic mass is 16.5. The maximum Gasteiger partial charge on any atom is 0.219 e. The van der Waals surface area contributed by atoms with Crippen LogP contribution in [0.1, 0.15) is 25.0 Å². The molecule has 0 aromatic heterocycles. The number of carbonyl (C=O) groups is 1. The van der Waals surface area contributed by atoms with Crippen LogP contribution in [-0.2, 0) is 4.79 Å². The largest absolute Gasteiger partial charge is 0.483 e. The number of rotatable bonds is 7. The molecule has 2 N–H and O–H groups in total. The minimum atomic E-state index is -0.835. The monoisotopic (exact) mass is 299 g/mol. The molecule has 0 unspecified atom stereocenters. The first-order valence-electron chi connectivity index (χ1n) is 7.42. The molecule has 0 bridgehead atoms. The number of aliphatic hydroxyl groups is 1. The normalized spacial score (nSPS) is 13.2. The molecule has 2 aromatic carbocycles. The Bertz CT molecular complexity index is 571. The third-order valence-corrected chi connectivity index (χ3v) is 3.31. The molecule has 2 rings (SSSR count). The van der Waals surface area contributed by atoms with Gasteiger partial charge in [-0.3, -0.25) is 4.79 Å². The summed E-state index contributed by atoms with van der Waals surface area (Å²) in [5.74, 6) is 0.586. The van der Waals surface area contributed by atoms with Crippen molar-refractivity contribution >= 4 is 5.91 Å². The lowest BCUT2D eigenvalue weighted by molar-refractivity contribution is -0.121. The van der Waals surface area contributed by atoms with Crippen molar-refractivity contribution in [3.05, 3.63) is 66.2 Å². The van der Waals surface area contributed by atoms with Gasteiger partial charge in [0.1, 0.15) is 11.9 Å². The molecule has 0 aliphatic rings. The fourth-order valence-corrected chi connectivity index (χ4v) is 2.11. The van der Waals surface area contributed by atoms with Crippen LogP contribution in [0, 0.1) is 0 Å². The highest BCUT2D eigenvalue weighted by molar-refractivity contribution is 5.75. The number of benzene rings is 2. The van der Waals surface area contributed by atoms with Gasteiger partial charge in [0.25, 0.3) is 0 Å². The van der Waals surface area contributed by atoms with E-state index in [0.29, 0.717) is 12.2 Å². The molecule has 0 heterocycles. The van der Waals surface area contributed by atoms with E-state index < -0.39 is 12.2 Å². The molecule has 0 aliphatic carbocycles. The minimum Gasteiger partial charge on any atom is -0.483 e. The number of aliphatic hydroxyl groups excluding tert-OH is 1. The van der Waals surface area contributed by atoms with Crippen LogP contribution >= 0.6 is 0 Å². The Morgan fingerprint density at radius 2 is 1.68 bits per heavy atom. The van der Waals surface area contributed by atoms with Gasteiger partial charge in [0, 0.05) is 13.0 Å². The molecule has 0 saturated heterocycles. The van der Waals surface area contributed by atoms with Gasteiger partial charge in [-0.05, 0) is 17.7 Å². The molecule has 0 spiro atoms. The number of carbonyl (C=O) groups excluding carboxylic acids is 1. The molecule has 0 fully saturated rings. The topological polar surface area (TPSA) is 58.6 Å². The molecule has 4 heteroatoms. The number of nitrogens with one attached hydrogen (secondary N) is 1. The molecule has 2 atom stereocenters. The molecule has 1 amide bonds. The van der Waals surface area contributed by atoms with Crippen molar-refractivity contribution < 1.29 is 14.6 Å². The van der Waals surface area contributed by atoms with Gasteiger partial charge >= 0.3 is 0 Å². The maximum absolute atomic E-state index is 11.4. The van der Waals surface area contributed by atoms with Crippen molar-refractivity contribution in [1.82, 2.24) is 5.32 Å². The summed E-state index contributed by atoms with van der Waals surface area (Å²) in [7, 11) is 0. The van der Waals surface area contributed by atoms with Gasteiger partial charge in [-0.1, -0.05) is 55.5 Å². The van der Waals surface area contributed by atoms with E-state index in [1.165, 1.54) is 0 Å². The third-order valence-electron chi connectivity index (χ3n) is 3.31. The summed E-state index contributed by atoms with van der Waals surface area (Å²) >= 11 is 0. The number of para-hydroxylation sites is 1. The van der Waals surface area contributed by atoms with Crippen molar-refractivity contribution in [2.45, 2.75) is 25.6 Å². The predicted octanol–water partition coefficient (Wildman–Crippen LogP) is 2.69. The van der Waals surface area contributed by atoms with Crippen LogP contribution < -0.4 is 10.1 Å². The van der Waals surface area contributed by atoms with Gasteiger partial charge < -0.3 is 15.2 Å². The van der Waals surface area contributed by atoms with E-state index in [0.717, 1.165) is 5.56 Å². The summed E-state index contributed by atoms with van der Waals surface area (Å²) < 4.78 is 5.93. The number of hydrogen-bond acceptors (Lipinski definition) is 3. The van der Waals surface area contributed by atoms with Gasteiger partial charge in [0.15, 0.2) is 6.10 Å². The van der Waals surface area contributed by atoms with Crippen molar-refractivity contribution in [2.75, 3.05) is 6.54 Å². The van der Waals surface area contributed by atoms with Crippen molar-refractivity contribution in [2.24, 2.45) is 0 Å². The molecule has 0 aliphatic heterocycles. The summed E-state index contributed by atoms with van der Waals surface area (Å²) in [6, 6.07) is 18.8. The van der Waals surface area contributed by atoms with Crippen LogP contribution in [0.2, 0.25) is 0 Å². The van der Waals surface area contributed by atoms with E-state index in [2.05, 4.69) is 5.32 Å². The summed E-state index contributed by atoms with van der Waals surface area (Å²) in [6.07, 6.45) is -0.985. The minimum absolute atomic E-state index is 0.0921. The van der Waals surface area contributed by atoms with E-state index in [4.69, 9.17) is 4.74 Å². The number of amides is 1. The highest BCUT2D eigenvalue weighted by Crippen LogP contribution is 2.24. The van der Waals surface area contributed by atoms with Crippen molar-refractivity contribution in [3.8, 4) is 5.75 Å². The van der Waals surface area contributed by atoms with Gasteiger partial charge in [-0.2, -0.15) is 0 Å². The lowest BCUT2D eigenvalue weighted by Crippen LogP contribution is -2.37. The smallest absolute Gasteiger partial charge is 0.219 e. The van der Waals surface area contributed by atoms with E-state index in [9.17, 15) is 9.90 Å². The Morgan fingerprint density at radius 3 is 2.27 bits per heavy atom. The van der Waals surface area contributed by atoms with E-state index in [-0.39, 0.29) is 12.5 Å². The van der Waals surface area contributed by atoms with Crippen LogP contribution in [0.25, 0.3) is 0 Å². The standard InChI is InChI=1S/C18H21NO3/c1-2-17(21)19-13-16(20)18(14-9-5-3-6-10-14)22-15-11-7-4-8-12-15/h3-12,16,18,20H,2,13H2,1H3,(H,19,21)/t16-,18-/m0/s1. The first-order chi connectivity index (χ1) is 10.7. The summed E-state index contributed by atoms with van der Waals surface area (Å²) in [6.45, 7) is 1.93. The zero-order valence-corrected chi connectivity index (χ0v) is 12.6. The maximum atomic E-state index is 11.4. The fraction of sp³-hybridized carbons (Fsp3) is 0.278. The van der Waals surface area contributed by atoms with Gasteiger partial charge in [-0.15, -0.1) is 0 Å². The van der Waals surface area contributed by atoms with Crippen LogP contribution in [0.4, 0.5) is 0 Å². The highest BCUT2D eigenvalue weighted by Gasteiger charge is 2.23. The quantitative estimate of drug-likeness (QED) is 0.826. The SMILES string of the molecule is CCC(=O)NC[C@H](O)[C@@H](Oc1ccccc1)c1ccccc1. The van der Waals surface area contributed by atoms with Gasteiger partial charge in [0.2, 0.25) is 5.91 Å². The van der Waals surface area contributed by atoms with Crippen molar-refractivity contribution in [1.29, 1.82) is 0 Å². The average Bonchev–Trinajstić information content (AvgIpc) is 2.59. The second-order valence-electron chi connectivity index (χ2n) is 4.99. The summed E-state index contributed by atoms with van der Waals surface area (Å²) in [4.78, 5) is 11.4. The average molecular weight is 299 g/mol.